The molecule has 0 saturated heterocycles. The summed E-state index contributed by atoms with van der Waals surface area (Å²) in [7, 11) is -3.56. The van der Waals surface area contributed by atoms with Crippen LogP contribution in [0.25, 0.3) is 0 Å². The smallest absolute Gasteiger partial charge is 0.244 e. The molecule has 0 amide bonds. The molecule has 0 saturated carbocycles. The minimum atomic E-state index is -3.56. The van der Waals surface area contributed by atoms with Crippen molar-refractivity contribution >= 4 is 15.7 Å². The molecule has 2 aromatic rings. The zero-order chi connectivity index (χ0) is 15.1. The van der Waals surface area contributed by atoms with Crippen LogP contribution < -0.4 is 10.0 Å². The summed E-state index contributed by atoms with van der Waals surface area (Å²) in [4.78, 5) is 11.1. The molecule has 2 aromatic heterocycles. The molecule has 0 radical (unpaired) electrons. The third-order valence-corrected chi connectivity index (χ3v) is 4.37. The molecular formula is C13H19N5O2S. The second-order valence-corrected chi connectivity index (χ2v) is 6.17. The van der Waals surface area contributed by atoms with Gasteiger partial charge in [-0.3, -0.25) is 4.98 Å². The normalized spacial score (nSPS) is 11.5. The van der Waals surface area contributed by atoms with Crippen molar-refractivity contribution in [2.75, 3.05) is 18.4 Å². The topological polar surface area (TPSA) is 99.8 Å². The van der Waals surface area contributed by atoms with Crippen molar-refractivity contribution in [3.05, 3.63) is 36.7 Å². The maximum atomic E-state index is 12.3. The van der Waals surface area contributed by atoms with Gasteiger partial charge in [-0.1, -0.05) is 0 Å². The molecular weight excluding hydrogens is 290 g/mol. The minimum absolute atomic E-state index is 0.171. The molecule has 2 heterocycles. The van der Waals surface area contributed by atoms with Crippen LogP contribution in [-0.4, -0.2) is 36.5 Å². The Morgan fingerprint density at radius 3 is 2.90 bits per heavy atom. The number of sulfonamides is 1. The molecule has 21 heavy (non-hydrogen) atoms. The first-order valence-electron chi connectivity index (χ1n) is 6.79. The average Bonchev–Trinajstić information content (AvgIpc) is 2.98. The van der Waals surface area contributed by atoms with E-state index in [0.29, 0.717) is 31.6 Å². The van der Waals surface area contributed by atoms with Crippen LogP contribution in [0.1, 0.15) is 19.2 Å². The fourth-order valence-electron chi connectivity index (χ4n) is 1.91. The molecule has 0 aromatic carbocycles. The van der Waals surface area contributed by atoms with Crippen LogP contribution in [-0.2, 0) is 16.4 Å². The van der Waals surface area contributed by atoms with Crippen molar-refractivity contribution < 1.29 is 8.42 Å². The standard InChI is InChI=1S/C13H19N5O2S/c1-2-15-11-5-7-14-10-12(11)21(19,20)18-6-3-4-13-16-8-9-17-13/h5,7-10,18H,2-4,6H2,1H3,(H,14,15)(H,16,17). The highest BCUT2D eigenvalue weighted by atomic mass is 32.2. The minimum Gasteiger partial charge on any atom is -0.384 e. The van der Waals surface area contributed by atoms with E-state index in [4.69, 9.17) is 0 Å². The number of nitrogens with zero attached hydrogens (tertiary/aromatic N) is 2. The lowest BCUT2D eigenvalue weighted by Gasteiger charge is -2.11. The Labute approximate surface area is 124 Å². The summed E-state index contributed by atoms with van der Waals surface area (Å²) in [5.41, 5.74) is 0.561. The molecule has 0 aliphatic rings. The van der Waals surface area contributed by atoms with Crippen LogP contribution in [0.4, 0.5) is 5.69 Å². The van der Waals surface area contributed by atoms with Crippen molar-refractivity contribution in [2.45, 2.75) is 24.7 Å². The Morgan fingerprint density at radius 2 is 2.19 bits per heavy atom. The zero-order valence-corrected chi connectivity index (χ0v) is 12.7. The number of pyridine rings is 1. The van der Waals surface area contributed by atoms with E-state index in [-0.39, 0.29) is 4.90 Å². The maximum absolute atomic E-state index is 12.3. The number of aromatic amines is 1. The van der Waals surface area contributed by atoms with Crippen LogP contribution in [0, 0.1) is 0 Å². The molecule has 8 heteroatoms. The second-order valence-electron chi connectivity index (χ2n) is 4.44. The summed E-state index contributed by atoms with van der Waals surface area (Å²) < 4.78 is 27.1. The van der Waals surface area contributed by atoms with Gasteiger partial charge in [0.2, 0.25) is 10.0 Å². The summed E-state index contributed by atoms with van der Waals surface area (Å²) in [6, 6.07) is 1.65. The quantitative estimate of drug-likeness (QED) is 0.635. The lowest BCUT2D eigenvalue weighted by atomic mass is 10.3. The van der Waals surface area contributed by atoms with Crippen molar-refractivity contribution in [3.8, 4) is 0 Å². The third kappa shape index (κ3) is 4.27. The predicted molar refractivity (Wildman–Crippen MR) is 80.5 cm³/mol. The lowest BCUT2D eigenvalue weighted by Crippen LogP contribution is -2.26. The molecule has 0 unspecified atom stereocenters. The van der Waals surface area contributed by atoms with Gasteiger partial charge in [-0.25, -0.2) is 18.1 Å². The fraction of sp³-hybridized carbons (Fsp3) is 0.385. The third-order valence-electron chi connectivity index (χ3n) is 2.88. The molecule has 2 rings (SSSR count). The number of nitrogens with one attached hydrogen (secondary N) is 3. The summed E-state index contributed by atoms with van der Waals surface area (Å²) in [6.07, 6.45) is 7.71. The van der Waals surface area contributed by atoms with Crippen LogP contribution in [0.5, 0.6) is 0 Å². The van der Waals surface area contributed by atoms with Crippen LogP contribution >= 0.6 is 0 Å². The first kappa shape index (κ1) is 15.5. The lowest BCUT2D eigenvalue weighted by molar-refractivity contribution is 0.578. The van der Waals surface area contributed by atoms with Gasteiger partial charge in [0.25, 0.3) is 0 Å². The first-order chi connectivity index (χ1) is 10.1. The number of rotatable bonds is 8. The Bertz CT molecular complexity index is 655. The van der Waals surface area contributed by atoms with E-state index >= 15 is 0 Å². The van der Waals surface area contributed by atoms with Gasteiger partial charge in [0.15, 0.2) is 0 Å². The van der Waals surface area contributed by atoms with Gasteiger partial charge >= 0.3 is 0 Å². The average molecular weight is 309 g/mol. The summed E-state index contributed by atoms with van der Waals surface area (Å²) >= 11 is 0. The van der Waals surface area contributed by atoms with Gasteiger partial charge in [-0.2, -0.15) is 0 Å². The summed E-state index contributed by atoms with van der Waals surface area (Å²) in [6.45, 7) is 2.90. The van der Waals surface area contributed by atoms with E-state index in [2.05, 4.69) is 25.0 Å². The van der Waals surface area contributed by atoms with Crippen molar-refractivity contribution in [1.29, 1.82) is 0 Å². The van der Waals surface area contributed by atoms with Gasteiger partial charge in [-0.15, -0.1) is 0 Å². The van der Waals surface area contributed by atoms with E-state index < -0.39 is 10.0 Å². The zero-order valence-electron chi connectivity index (χ0n) is 11.8. The molecule has 0 atom stereocenters. The van der Waals surface area contributed by atoms with E-state index in [1.165, 1.54) is 6.20 Å². The first-order valence-corrected chi connectivity index (χ1v) is 8.27. The highest BCUT2D eigenvalue weighted by Crippen LogP contribution is 2.18. The maximum Gasteiger partial charge on any atom is 0.244 e. The number of imidazole rings is 1. The van der Waals surface area contributed by atoms with Gasteiger partial charge < -0.3 is 10.3 Å². The largest absolute Gasteiger partial charge is 0.384 e. The van der Waals surface area contributed by atoms with Crippen molar-refractivity contribution in [2.24, 2.45) is 0 Å². The molecule has 3 N–H and O–H groups in total. The van der Waals surface area contributed by atoms with Crippen LogP contribution in [0.15, 0.2) is 35.7 Å². The molecule has 0 fully saturated rings. The molecule has 114 valence electrons. The summed E-state index contributed by atoms with van der Waals surface area (Å²) in [5.74, 6) is 0.851. The van der Waals surface area contributed by atoms with Crippen LogP contribution in [0.3, 0.4) is 0 Å². The number of aromatic nitrogens is 3. The Kier molecular flexibility index (Phi) is 5.29. The molecule has 0 aliphatic heterocycles. The Balaban J connectivity index is 1.95. The van der Waals surface area contributed by atoms with Gasteiger partial charge in [0.1, 0.15) is 10.7 Å². The molecule has 7 nitrogen and oxygen atoms in total. The van der Waals surface area contributed by atoms with Gasteiger partial charge in [0.05, 0.1) is 5.69 Å². The number of hydrogen-bond donors (Lipinski definition) is 3. The monoisotopic (exact) mass is 309 g/mol. The second kappa shape index (κ2) is 7.19. The molecule has 0 spiro atoms. The summed E-state index contributed by atoms with van der Waals surface area (Å²) in [5, 5.41) is 3.02. The SMILES string of the molecule is CCNc1ccncc1S(=O)(=O)NCCCc1ncc[nH]1. The number of hydrogen-bond acceptors (Lipinski definition) is 5. The van der Waals surface area contributed by atoms with Crippen molar-refractivity contribution in [1.82, 2.24) is 19.7 Å². The number of aryl methyl sites for hydroxylation is 1. The highest BCUT2D eigenvalue weighted by Gasteiger charge is 2.17. The molecule has 0 aliphatic carbocycles. The van der Waals surface area contributed by atoms with E-state index in [0.717, 1.165) is 5.82 Å². The van der Waals surface area contributed by atoms with Gasteiger partial charge in [0, 0.05) is 44.3 Å². The van der Waals surface area contributed by atoms with Crippen molar-refractivity contribution in [3.63, 3.8) is 0 Å². The number of H-pyrrole nitrogens is 1. The Morgan fingerprint density at radius 1 is 1.33 bits per heavy atom. The van der Waals surface area contributed by atoms with E-state index in [9.17, 15) is 8.42 Å². The fourth-order valence-corrected chi connectivity index (χ4v) is 3.10. The predicted octanol–water partition coefficient (Wildman–Crippen LogP) is 1.15. The Hall–Kier alpha value is -1.93. The van der Waals surface area contributed by atoms with E-state index in [1.54, 1.807) is 24.7 Å². The highest BCUT2D eigenvalue weighted by molar-refractivity contribution is 7.89. The van der Waals surface area contributed by atoms with E-state index in [1.807, 2.05) is 6.92 Å². The molecule has 0 bridgehead atoms. The van der Waals surface area contributed by atoms with Gasteiger partial charge in [-0.05, 0) is 19.4 Å². The number of anilines is 1. The van der Waals surface area contributed by atoms with Crippen LogP contribution in [0.2, 0.25) is 0 Å².